The van der Waals surface area contributed by atoms with E-state index in [-0.39, 0.29) is 12.2 Å². The van der Waals surface area contributed by atoms with Crippen molar-refractivity contribution in [1.29, 1.82) is 0 Å². The fourth-order valence-corrected chi connectivity index (χ4v) is 2.17. The molecule has 1 aromatic rings. The first-order valence-electron chi connectivity index (χ1n) is 5.73. The summed E-state index contributed by atoms with van der Waals surface area (Å²) in [4.78, 5) is 1.97. The van der Waals surface area contributed by atoms with Crippen LogP contribution in [-0.4, -0.2) is 42.8 Å². The minimum atomic E-state index is -0.477. The van der Waals surface area contributed by atoms with Crippen LogP contribution < -0.4 is 5.32 Å². The minimum Gasteiger partial charge on any atom is -0.394 e. The second kappa shape index (κ2) is 5.53. The normalized spacial score (nSPS) is 19.2. The number of nitrogens with one attached hydrogen (secondary N) is 1. The van der Waals surface area contributed by atoms with Gasteiger partial charge in [-0.3, -0.25) is 4.90 Å². The molecule has 0 aliphatic carbocycles. The molecular weight excluding hydrogens is 226 g/mol. The summed E-state index contributed by atoms with van der Waals surface area (Å²) in [5.41, 5.74) is 0.231. The smallest absolute Gasteiger partial charge is 0.128 e. The Kier molecular flexibility index (Phi) is 4.04. The van der Waals surface area contributed by atoms with Crippen molar-refractivity contribution in [3.63, 3.8) is 0 Å². The van der Waals surface area contributed by atoms with Gasteiger partial charge in [0.1, 0.15) is 11.6 Å². The average molecular weight is 242 g/mol. The Hall–Kier alpha value is -1.04. The molecule has 2 N–H and O–H groups in total. The Morgan fingerprint density at radius 2 is 2.00 bits per heavy atom. The molecule has 1 aromatic carbocycles. The molecule has 3 nitrogen and oxygen atoms in total. The van der Waals surface area contributed by atoms with E-state index in [2.05, 4.69) is 5.32 Å². The van der Waals surface area contributed by atoms with Crippen LogP contribution >= 0.6 is 0 Å². The van der Waals surface area contributed by atoms with Crippen LogP contribution in [0, 0.1) is 11.6 Å². The maximum atomic E-state index is 13.6. The molecular formula is C12H16F2N2O. The van der Waals surface area contributed by atoms with Crippen molar-refractivity contribution >= 4 is 0 Å². The minimum absolute atomic E-state index is 0.208. The molecule has 0 bridgehead atoms. The number of piperazine rings is 1. The highest BCUT2D eigenvalue weighted by atomic mass is 19.1. The number of rotatable bonds is 3. The van der Waals surface area contributed by atoms with Crippen LogP contribution in [0.5, 0.6) is 0 Å². The monoisotopic (exact) mass is 242 g/mol. The highest BCUT2D eigenvalue weighted by Crippen LogP contribution is 2.24. The molecule has 1 aliphatic rings. The lowest BCUT2D eigenvalue weighted by Gasteiger charge is -2.34. The zero-order valence-electron chi connectivity index (χ0n) is 9.50. The number of aliphatic hydroxyl groups excluding tert-OH is 1. The first kappa shape index (κ1) is 12.4. The van der Waals surface area contributed by atoms with Gasteiger partial charge in [0.05, 0.1) is 12.6 Å². The second-order valence-electron chi connectivity index (χ2n) is 4.15. The summed E-state index contributed by atoms with van der Waals surface area (Å²) in [6.45, 7) is 2.84. The van der Waals surface area contributed by atoms with Crippen molar-refractivity contribution in [2.45, 2.75) is 6.04 Å². The topological polar surface area (TPSA) is 35.5 Å². The van der Waals surface area contributed by atoms with Gasteiger partial charge in [-0.05, 0) is 18.2 Å². The SMILES string of the molecule is OC[C@@H](c1cc(F)ccc1F)N1CCNCC1. The van der Waals surface area contributed by atoms with E-state index in [4.69, 9.17) is 0 Å². The summed E-state index contributed by atoms with van der Waals surface area (Å²) in [6, 6.07) is 2.89. The molecule has 1 heterocycles. The van der Waals surface area contributed by atoms with Crippen LogP contribution in [0.15, 0.2) is 18.2 Å². The van der Waals surface area contributed by atoms with E-state index in [0.29, 0.717) is 0 Å². The number of nitrogens with zero attached hydrogens (tertiary/aromatic N) is 1. The van der Waals surface area contributed by atoms with Crippen molar-refractivity contribution in [2.24, 2.45) is 0 Å². The maximum Gasteiger partial charge on any atom is 0.128 e. The van der Waals surface area contributed by atoms with Crippen LogP contribution in [0.3, 0.4) is 0 Å². The van der Waals surface area contributed by atoms with Gasteiger partial charge in [0.2, 0.25) is 0 Å². The Bertz CT molecular complexity index is 381. The van der Waals surface area contributed by atoms with Gasteiger partial charge < -0.3 is 10.4 Å². The zero-order valence-corrected chi connectivity index (χ0v) is 9.50. The molecule has 0 radical (unpaired) electrons. The summed E-state index contributed by atoms with van der Waals surface area (Å²) in [5.74, 6) is -0.945. The lowest BCUT2D eigenvalue weighted by atomic mass is 10.0. The van der Waals surface area contributed by atoms with Crippen molar-refractivity contribution in [2.75, 3.05) is 32.8 Å². The van der Waals surface area contributed by atoms with E-state index in [1.807, 2.05) is 4.90 Å². The van der Waals surface area contributed by atoms with Crippen LogP contribution in [0.1, 0.15) is 11.6 Å². The summed E-state index contributed by atoms with van der Waals surface area (Å²) < 4.78 is 26.8. The Morgan fingerprint density at radius 1 is 1.29 bits per heavy atom. The molecule has 0 spiro atoms. The van der Waals surface area contributed by atoms with E-state index in [9.17, 15) is 13.9 Å². The van der Waals surface area contributed by atoms with E-state index in [1.165, 1.54) is 0 Å². The van der Waals surface area contributed by atoms with Crippen LogP contribution in [0.2, 0.25) is 0 Å². The molecule has 0 amide bonds. The van der Waals surface area contributed by atoms with Crippen molar-refractivity contribution < 1.29 is 13.9 Å². The third-order valence-electron chi connectivity index (χ3n) is 3.08. The van der Waals surface area contributed by atoms with Crippen LogP contribution in [0.4, 0.5) is 8.78 Å². The number of halogens is 2. The molecule has 1 atom stereocenters. The molecule has 1 saturated heterocycles. The average Bonchev–Trinajstić information content (AvgIpc) is 2.36. The molecule has 1 fully saturated rings. The zero-order chi connectivity index (χ0) is 12.3. The first-order valence-corrected chi connectivity index (χ1v) is 5.73. The second-order valence-corrected chi connectivity index (χ2v) is 4.15. The van der Waals surface area contributed by atoms with Gasteiger partial charge in [-0.1, -0.05) is 0 Å². The molecule has 0 unspecified atom stereocenters. The highest BCUT2D eigenvalue weighted by Gasteiger charge is 2.24. The van der Waals surface area contributed by atoms with E-state index < -0.39 is 17.7 Å². The number of benzene rings is 1. The fraction of sp³-hybridized carbons (Fsp3) is 0.500. The largest absolute Gasteiger partial charge is 0.394 e. The summed E-state index contributed by atoms with van der Waals surface area (Å²) in [6.07, 6.45) is 0. The summed E-state index contributed by atoms with van der Waals surface area (Å²) in [5, 5.41) is 12.6. The van der Waals surface area contributed by atoms with E-state index >= 15 is 0 Å². The van der Waals surface area contributed by atoms with Gasteiger partial charge in [0, 0.05) is 31.7 Å². The highest BCUT2D eigenvalue weighted by molar-refractivity contribution is 5.22. The van der Waals surface area contributed by atoms with Gasteiger partial charge >= 0.3 is 0 Å². The molecule has 17 heavy (non-hydrogen) atoms. The van der Waals surface area contributed by atoms with Gasteiger partial charge in [-0.15, -0.1) is 0 Å². The molecule has 0 aromatic heterocycles. The molecule has 2 rings (SSSR count). The summed E-state index contributed by atoms with van der Waals surface area (Å²) in [7, 11) is 0. The van der Waals surface area contributed by atoms with Crippen LogP contribution in [-0.2, 0) is 0 Å². The van der Waals surface area contributed by atoms with Gasteiger partial charge in [0.25, 0.3) is 0 Å². The Balaban J connectivity index is 2.24. The summed E-state index contributed by atoms with van der Waals surface area (Å²) >= 11 is 0. The molecule has 0 saturated carbocycles. The third-order valence-corrected chi connectivity index (χ3v) is 3.08. The third kappa shape index (κ3) is 2.80. The first-order chi connectivity index (χ1) is 8.22. The number of hydrogen-bond acceptors (Lipinski definition) is 3. The fourth-order valence-electron chi connectivity index (χ4n) is 2.17. The van der Waals surface area contributed by atoms with E-state index in [0.717, 1.165) is 44.4 Å². The lowest BCUT2D eigenvalue weighted by molar-refractivity contribution is 0.108. The van der Waals surface area contributed by atoms with E-state index in [1.54, 1.807) is 0 Å². The standard InChI is InChI=1S/C12H16F2N2O/c13-9-1-2-11(14)10(7-9)12(8-17)16-5-3-15-4-6-16/h1-2,7,12,15,17H,3-6,8H2/t12-/m0/s1. The van der Waals surface area contributed by atoms with Crippen molar-refractivity contribution in [3.8, 4) is 0 Å². The van der Waals surface area contributed by atoms with Gasteiger partial charge in [0.15, 0.2) is 0 Å². The lowest BCUT2D eigenvalue weighted by Crippen LogP contribution is -2.46. The van der Waals surface area contributed by atoms with Gasteiger partial charge in [-0.25, -0.2) is 8.78 Å². The predicted molar refractivity (Wildman–Crippen MR) is 60.6 cm³/mol. The molecule has 94 valence electrons. The number of hydrogen-bond donors (Lipinski definition) is 2. The van der Waals surface area contributed by atoms with Crippen LogP contribution in [0.25, 0.3) is 0 Å². The van der Waals surface area contributed by atoms with Crippen molar-refractivity contribution in [1.82, 2.24) is 10.2 Å². The van der Waals surface area contributed by atoms with Gasteiger partial charge in [-0.2, -0.15) is 0 Å². The van der Waals surface area contributed by atoms with Crippen molar-refractivity contribution in [3.05, 3.63) is 35.4 Å². The number of aliphatic hydroxyl groups is 1. The quantitative estimate of drug-likeness (QED) is 0.826. The Morgan fingerprint density at radius 3 is 2.65 bits per heavy atom. The maximum absolute atomic E-state index is 13.6. The Labute approximate surface area is 99.1 Å². The predicted octanol–water partition coefficient (Wildman–Crippen LogP) is 0.903. The molecule has 5 heteroatoms. The molecule has 1 aliphatic heterocycles.